The van der Waals surface area contributed by atoms with E-state index in [0.717, 1.165) is 12.2 Å². The van der Waals surface area contributed by atoms with E-state index in [4.69, 9.17) is 5.73 Å². The fraction of sp³-hybridized carbons (Fsp3) is 0.600. The standard InChI is InChI=1S/C15H25NS/c1-5-17-14-8-6-13(7-9-14)15(4,11-16)10-12(2)3/h6-9,12H,5,10-11,16H2,1-4H3. The van der Waals surface area contributed by atoms with Crippen LogP contribution in [-0.4, -0.2) is 12.3 Å². The van der Waals surface area contributed by atoms with Crippen LogP contribution in [-0.2, 0) is 5.41 Å². The van der Waals surface area contributed by atoms with Gasteiger partial charge in [-0.3, -0.25) is 0 Å². The number of hydrogen-bond acceptors (Lipinski definition) is 2. The number of hydrogen-bond donors (Lipinski definition) is 1. The van der Waals surface area contributed by atoms with Gasteiger partial charge in [-0.05, 0) is 35.8 Å². The van der Waals surface area contributed by atoms with Crippen LogP contribution in [0.4, 0.5) is 0 Å². The lowest BCUT2D eigenvalue weighted by Crippen LogP contribution is -2.33. The molecule has 17 heavy (non-hydrogen) atoms. The van der Waals surface area contributed by atoms with Crippen molar-refractivity contribution in [1.29, 1.82) is 0 Å². The third kappa shape index (κ3) is 4.04. The molecule has 0 aliphatic rings. The van der Waals surface area contributed by atoms with Crippen molar-refractivity contribution in [2.75, 3.05) is 12.3 Å². The Morgan fingerprint density at radius 2 is 1.82 bits per heavy atom. The highest BCUT2D eigenvalue weighted by Crippen LogP contribution is 2.31. The molecule has 0 aromatic heterocycles. The summed E-state index contributed by atoms with van der Waals surface area (Å²) < 4.78 is 0. The molecule has 0 aliphatic heterocycles. The summed E-state index contributed by atoms with van der Waals surface area (Å²) in [5, 5.41) is 0. The Morgan fingerprint density at radius 3 is 2.24 bits per heavy atom. The first-order valence-corrected chi connectivity index (χ1v) is 7.44. The van der Waals surface area contributed by atoms with Gasteiger partial charge in [-0.15, -0.1) is 11.8 Å². The summed E-state index contributed by atoms with van der Waals surface area (Å²) in [4.78, 5) is 1.35. The molecule has 1 atom stereocenters. The van der Waals surface area contributed by atoms with Crippen molar-refractivity contribution in [1.82, 2.24) is 0 Å². The summed E-state index contributed by atoms with van der Waals surface area (Å²) in [5.41, 5.74) is 7.46. The van der Waals surface area contributed by atoms with Gasteiger partial charge >= 0.3 is 0 Å². The maximum atomic E-state index is 5.98. The monoisotopic (exact) mass is 251 g/mol. The van der Waals surface area contributed by atoms with E-state index in [9.17, 15) is 0 Å². The quantitative estimate of drug-likeness (QED) is 0.772. The van der Waals surface area contributed by atoms with Gasteiger partial charge in [-0.1, -0.05) is 39.8 Å². The summed E-state index contributed by atoms with van der Waals surface area (Å²) in [7, 11) is 0. The molecular weight excluding hydrogens is 226 g/mol. The molecule has 0 fully saturated rings. The van der Waals surface area contributed by atoms with Crippen molar-refractivity contribution in [3.05, 3.63) is 29.8 Å². The maximum absolute atomic E-state index is 5.98. The van der Waals surface area contributed by atoms with E-state index >= 15 is 0 Å². The van der Waals surface area contributed by atoms with Crippen LogP contribution < -0.4 is 5.73 Å². The van der Waals surface area contributed by atoms with Gasteiger partial charge in [0, 0.05) is 16.9 Å². The highest BCUT2D eigenvalue weighted by atomic mass is 32.2. The van der Waals surface area contributed by atoms with Crippen LogP contribution in [0.15, 0.2) is 29.2 Å². The summed E-state index contributed by atoms with van der Waals surface area (Å²) in [5.74, 6) is 1.80. The molecule has 0 spiro atoms. The van der Waals surface area contributed by atoms with Gasteiger partial charge in [0.1, 0.15) is 0 Å². The fourth-order valence-corrected chi connectivity index (χ4v) is 3.00. The van der Waals surface area contributed by atoms with Crippen molar-refractivity contribution in [3.8, 4) is 0 Å². The van der Waals surface area contributed by atoms with Crippen LogP contribution >= 0.6 is 11.8 Å². The SMILES string of the molecule is CCSc1ccc(C(C)(CN)CC(C)C)cc1. The van der Waals surface area contributed by atoms with E-state index in [1.165, 1.54) is 10.5 Å². The second-order valence-electron chi connectivity index (χ2n) is 5.32. The average molecular weight is 251 g/mol. The van der Waals surface area contributed by atoms with E-state index < -0.39 is 0 Å². The molecule has 0 amide bonds. The number of nitrogens with two attached hydrogens (primary N) is 1. The molecule has 1 rings (SSSR count). The zero-order chi connectivity index (χ0) is 12.9. The first-order chi connectivity index (χ1) is 8.01. The van der Waals surface area contributed by atoms with Gasteiger partial charge in [0.25, 0.3) is 0 Å². The smallest absolute Gasteiger partial charge is 0.00720 e. The fourth-order valence-electron chi connectivity index (χ4n) is 2.34. The number of thioether (sulfide) groups is 1. The van der Waals surface area contributed by atoms with E-state index in [2.05, 4.69) is 52.0 Å². The molecule has 2 heteroatoms. The molecule has 0 bridgehead atoms. The highest BCUT2D eigenvalue weighted by Gasteiger charge is 2.25. The predicted molar refractivity (Wildman–Crippen MR) is 78.7 cm³/mol. The molecule has 0 saturated carbocycles. The number of rotatable bonds is 6. The molecule has 0 heterocycles. The lowest BCUT2D eigenvalue weighted by molar-refractivity contribution is 0.376. The Hall–Kier alpha value is -0.470. The Bertz CT molecular complexity index is 331. The van der Waals surface area contributed by atoms with E-state index in [-0.39, 0.29) is 5.41 Å². The van der Waals surface area contributed by atoms with Gasteiger partial charge in [0.15, 0.2) is 0 Å². The molecule has 0 radical (unpaired) electrons. The minimum Gasteiger partial charge on any atom is -0.330 e. The molecular formula is C15H25NS. The summed E-state index contributed by atoms with van der Waals surface area (Å²) in [6, 6.07) is 8.93. The van der Waals surface area contributed by atoms with Crippen LogP contribution in [0, 0.1) is 5.92 Å². The molecule has 0 saturated heterocycles. The molecule has 1 aromatic carbocycles. The minimum absolute atomic E-state index is 0.115. The van der Waals surface area contributed by atoms with Crippen LogP contribution in [0.2, 0.25) is 0 Å². The lowest BCUT2D eigenvalue weighted by atomic mass is 9.76. The Labute approximate surface area is 110 Å². The van der Waals surface area contributed by atoms with E-state index in [0.29, 0.717) is 12.5 Å². The van der Waals surface area contributed by atoms with Crippen LogP contribution in [0.5, 0.6) is 0 Å². The Balaban J connectivity index is 2.88. The third-order valence-corrected chi connectivity index (χ3v) is 4.07. The van der Waals surface area contributed by atoms with Crippen molar-refractivity contribution in [2.24, 2.45) is 11.7 Å². The van der Waals surface area contributed by atoms with E-state index in [1.807, 2.05) is 11.8 Å². The number of benzene rings is 1. The van der Waals surface area contributed by atoms with Crippen molar-refractivity contribution >= 4 is 11.8 Å². The molecule has 2 N–H and O–H groups in total. The largest absolute Gasteiger partial charge is 0.330 e. The van der Waals surface area contributed by atoms with Gasteiger partial charge in [0.05, 0.1) is 0 Å². The zero-order valence-corrected chi connectivity index (χ0v) is 12.3. The summed E-state index contributed by atoms with van der Waals surface area (Å²) >= 11 is 1.88. The van der Waals surface area contributed by atoms with Crippen LogP contribution in [0.3, 0.4) is 0 Å². The normalized spacial score (nSPS) is 14.9. The van der Waals surface area contributed by atoms with Gasteiger partial charge in [-0.2, -0.15) is 0 Å². The van der Waals surface area contributed by atoms with Crippen molar-refractivity contribution in [3.63, 3.8) is 0 Å². The van der Waals surface area contributed by atoms with Crippen molar-refractivity contribution < 1.29 is 0 Å². The lowest BCUT2D eigenvalue weighted by Gasteiger charge is -2.30. The highest BCUT2D eigenvalue weighted by molar-refractivity contribution is 7.99. The average Bonchev–Trinajstić information content (AvgIpc) is 2.29. The first kappa shape index (κ1) is 14.6. The maximum Gasteiger partial charge on any atom is 0.00720 e. The minimum atomic E-state index is 0.115. The second kappa shape index (κ2) is 6.46. The van der Waals surface area contributed by atoms with Crippen LogP contribution in [0.1, 0.15) is 39.7 Å². The molecule has 1 unspecified atom stereocenters. The second-order valence-corrected chi connectivity index (χ2v) is 6.66. The van der Waals surface area contributed by atoms with Gasteiger partial charge < -0.3 is 5.73 Å². The molecule has 96 valence electrons. The Kier molecular flexibility index (Phi) is 5.54. The summed E-state index contributed by atoms with van der Waals surface area (Å²) in [6.07, 6.45) is 1.14. The topological polar surface area (TPSA) is 26.0 Å². The molecule has 1 aromatic rings. The van der Waals surface area contributed by atoms with Gasteiger partial charge in [-0.25, -0.2) is 0 Å². The van der Waals surface area contributed by atoms with Gasteiger partial charge in [0.2, 0.25) is 0 Å². The molecule has 0 aliphatic carbocycles. The first-order valence-electron chi connectivity index (χ1n) is 6.45. The van der Waals surface area contributed by atoms with E-state index in [1.54, 1.807) is 0 Å². The third-order valence-electron chi connectivity index (χ3n) is 3.17. The summed E-state index contributed by atoms with van der Waals surface area (Å²) in [6.45, 7) is 9.69. The molecule has 1 nitrogen and oxygen atoms in total. The zero-order valence-electron chi connectivity index (χ0n) is 11.5. The van der Waals surface area contributed by atoms with Crippen LogP contribution in [0.25, 0.3) is 0 Å². The predicted octanol–water partition coefficient (Wildman–Crippen LogP) is 4.06. The van der Waals surface area contributed by atoms with Crippen molar-refractivity contribution in [2.45, 2.75) is 44.4 Å². The Morgan fingerprint density at radius 1 is 1.24 bits per heavy atom.